The van der Waals surface area contributed by atoms with Crippen molar-refractivity contribution in [3.05, 3.63) is 52.6 Å². The van der Waals surface area contributed by atoms with E-state index in [0.717, 1.165) is 10.5 Å². The highest BCUT2D eigenvalue weighted by molar-refractivity contribution is 7.98. The Labute approximate surface area is 139 Å². The first-order valence-electron chi connectivity index (χ1n) is 7.12. The first-order valence-corrected chi connectivity index (χ1v) is 8.35. The number of thioether (sulfide) groups is 1. The van der Waals surface area contributed by atoms with Crippen LogP contribution in [-0.2, 0) is 14.3 Å². The van der Waals surface area contributed by atoms with Crippen LogP contribution in [0.1, 0.15) is 25.3 Å². The lowest BCUT2D eigenvalue weighted by atomic mass is 9.83. The van der Waals surface area contributed by atoms with Crippen molar-refractivity contribution >= 4 is 17.7 Å². The van der Waals surface area contributed by atoms with Crippen molar-refractivity contribution < 1.29 is 14.3 Å². The summed E-state index contributed by atoms with van der Waals surface area (Å²) in [5.41, 5.74) is 7.18. The van der Waals surface area contributed by atoms with Crippen molar-refractivity contribution in [2.75, 3.05) is 12.9 Å². The van der Waals surface area contributed by atoms with Crippen LogP contribution in [0.4, 0.5) is 0 Å². The molecular formula is C17H18N2O3S. The molecule has 1 aliphatic rings. The first-order chi connectivity index (χ1) is 11.0. The molecular weight excluding hydrogens is 312 g/mol. The highest BCUT2D eigenvalue weighted by Gasteiger charge is 2.36. The molecule has 0 radical (unpaired) electrons. The average Bonchev–Trinajstić information content (AvgIpc) is 2.54. The topological polar surface area (TPSA) is 85.3 Å². The monoisotopic (exact) mass is 330 g/mol. The van der Waals surface area contributed by atoms with Crippen molar-refractivity contribution in [2.24, 2.45) is 5.73 Å². The second-order valence-corrected chi connectivity index (χ2v) is 5.77. The van der Waals surface area contributed by atoms with Gasteiger partial charge in [0.05, 0.1) is 18.1 Å². The third-order valence-electron chi connectivity index (χ3n) is 3.55. The third-order valence-corrected chi connectivity index (χ3v) is 4.29. The van der Waals surface area contributed by atoms with Gasteiger partial charge in [0, 0.05) is 4.90 Å². The van der Waals surface area contributed by atoms with Crippen molar-refractivity contribution in [1.82, 2.24) is 0 Å². The zero-order chi connectivity index (χ0) is 17.0. The summed E-state index contributed by atoms with van der Waals surface area (Å²) >= 11 is 1.62. The van der Waals surface area contributed by atoms with Crippen LogP contribution in [0.15, 0.2) is 51.9 Å². The van der Waals surface area contributed by atoms with Gasteiger partial charge in [-0.3, -0.25) is 0 Å². The normalized spacial score (nSPS) is 17.6. The molecule has 1 aliphatic heterocycles. The summed E-state index contributed by atoms with van der Waals surface area (Å²) in [4.78, 5) is 13.4. The summed E-state index contributed by atoms with van der Waals surface area (Å²) < 4.78 is 10.5. The molecule has 0 aromatic heterocycles. The molecule has 0 aliphatic carbocycles. The van der Waals surface area contributed by atoms with Gasteiger partial charge in [-0.1, -0.05) is 12.1 Å². The average molecular weight is 330 g/mol. The van der Waals surface area contributed by atoms with Crippen molar-refractivity contribution in [3.63, 3.8) is 0 Å². The smallest absolute Gasteiger partial charge is 0.338 e. The Morgan fingerprint density at radius 1 is 1.43 bits per heavy atom. The minimum Gasteiger partial charge on any atom is -0.463 e. The van der Waals surface area contributed by atoms with Gasteiger partial charge in [-0.15, -0.1) is 11.8 Å². The fourth-order valence-electron chi connectivity index (χ4n) is 2.48. The number of carbonyl (C=O) groups excluding carboxylic acids is 1. The van der Waals surface area contributed by atoms with Crippen LogP contribution >= 0.6 is 11.8 Å². The molecule has 120 valence electrons. The molecule has 0 saturated carbocycles. The molecule has 1 aromatic carbocycles. The van der Waals surface area contributed by atoms with E-state index in [0.29, 0.717) is 11.3 Å². The summed E-state index contributed by atoms with van der Waals surface area (Å²) in [6.45, 7) is 3.63. The number of nitrogens with two attached hydrogens (primary N) is 1. The van der Waals surface area contributed by atoms with Gasteiger partial charge in [0.2, 0.25) is 5.88 Å². The maximum atomic E-state index is 12.3. The van der Waals surface area contributed by atoms with Crippen LogP contribution in [0.3, 0.4) is 0 Å². The molecule has 0 saturated heterocycles. The number of allylic oxidation sites excluding steroid dienone is 2. The lowest BCUT2D eigenvalue weighted by Gasteiger charge is -2.26. The van der Waals surface area contributed by atoms with Crippen LogP contribution < -0.4 is 5.73 Å². The minimum absolute atomic E-state index is 0.0250. The molecule has 5 nitrogen and oxygen atoms in total. The van der Waals surface area contributed by atoms with Crippen molar-refractivity contribution in [3.8, 4) is 6.07 Å². The van der Waals surface area contributed by atoms with Gasteiger partial charge in [-0.05, 0) is 37.8 Å². The van der Waals surface area contributed by atoms with E-state index in [2.05, 4.69) is 6.07 Å². The molecule has 6 heteroatoms. The molecule has 1 heterocycles. The second kappa shape index (κ2) is 7.25. The van der Waals surface area contributed by atoms with Crippen LogP contribution in [0.5, 0.6) is 0 Å². The Morgan fingerprint density at radius 2 is 2.09 bits per heavy atom. The summed E-state index contributed by atoms with van der Waals surface area (Å²) in [6, 6.07) is 9.72. The quantitative estimate of drug-likeness (QED) is 0.674. The summed E-state index contributed by atoms with van der Waals surface area (Å²) in [6.07, 6.45) is 1.98. The highest BCUT2D eigenvalue weighted by atomic mass is 32.2. The Balaban J connectivity index is 2.56. The number of nitrogens with zero attached hydrogens (tertiary/aromatic N) is 1. The van der Waals surface area contributed by atoms with Crippen molar-refractivity contribution in [1.29, 1.82) is 5.26 Å². The number of carbonyl (C=O) groups is 1. The van der Waals surface area contributed by atoms with Crippen molar-refractivity contribution in [2.45, 2.75) is 24.7 Å². The molecule has 0 unspecified atom stereocenters. The first kappa shape index (κ1) is 17.0. The van der Waals surface area contributed by atoms with E-state index in [4.69, 9.17) is 15.2 Å². The van der Waals surface area contributed by atoms with Crippen LogP contribution in [-0.4, -0.2) is 18.8 Å². The van der Waals surface area contributed by atoms with Crippen LogP contribution in [0.25, 0.3) is 0 Å². The summed E-state index contributed by atoms with van der Waals surface area (Å²) in [7, 11) is 0. The molecule has 2 rings (SSSR count). The number of nitriles is 1. The Bertz CT molecular complexity index is 714. The maximum absolute atomic E-state index is 12.3. The zero-order valence-corrected chi connectivity index (χ0v) is 14.1. The third kappa shape index (κ3) is 3.35. The van der Waals surface area contributed by atoms with E-state index in [1.807, 2.05) is 30.5 Å². The van der Waals surface area contributed by atoms with Gasteiger partial charge < -0.3 is 15.2 Å². The SMILES string of the molecule is CCOC(=O)C1=C(C)OC(N)=C(C#N)[C@H]1c1ccc(SC)cc1. The summed E-state index contributed by atoms with van der Waals surface area (Å²) in [5, 5.41) is 9.46. The minimum atomic E-state index is -0.580. The van der Waals surface area contributed by atoms with Gasteiger partial charge in [0.15, 0.2) is 0 Å². The second-order valence-electron chi connectivity index (χ2n) is 4.89. The standard InChI is InChI=1S/C17H18N2O3S/c1-4-21-17(20)14-10(2)22-16(19)13(9-18)15(14)11-5-7-12(23-3)8-6-11/h5-8,15H,4,19H2,1-3H3/t15-/m1/s1. The summed E-state index contributed by atoms with van der Waals surface area (Å²) in [5.74, 6) is -0.691. The molecule has 2 N–H and O–H groups in total. The zero-order valence-electron chi connectivity index (χ0n) is 13.3. The van der Waals surface area contributed by atoms with E-state index < -0.39 is 11.9 Å². The fourth-order valence-corrected chi connectivity index (χ4v) is 2.89. The Kier molecular flexibility index (Phi) is 5.35. The lowest BCUT2D eigenvalue weighted by Crippen LogP contribution is -2.25. The van der Waals surface area contributed by atoms with Crippen LogP contribution in [0.2, 0.25) is 0 Å². The molecule has 0 amide bonds. The number of benzene rings is 1. The number of rotatable bonds is 4. The van der Waals surface area contributed by atoms with Gasteiger partial charge in [0.1, 0.15) is 17.4 Å². The van der Waals surface area contributed by atoms with Gasteiger partial charge in [-0.2, -0.15) is 5.26 Å². The van der Waals surface area contributed by atoms with E-state index in [-0.39, 0.29) is 18.1 Å². The molecule has 0 fully saturated rings. The largest absolute Gasteiger partial charge is 0.463 e. The molecule has 1 aromatic rings. The highest BCUT2D eigenvalue weighted by Crippen LogP contribution is 2.39. The number of hydrogen-bond donors (Lipinski definition) is 1. The predicted molar refractivity (Wildman–Crippen MR) is 88.2 cm³/mol. The number of ether oxygens (including phenoxy) is 2. The lowest BCUT2D eigenvalue weighted by molar-refractivity contribution is -0.139. The van der Waals surface area contributed by atoms with Gasteiger partial charge >= 0.3 is 5.97 Å². The van der Waals surface area contributed by atoms with E-state index >= 15 is 0 Å². The molecule has 0 bridgehead atoms. The van der Waals surface area contributed by atoms with E-state index in [1.54, 1.807) is 25.6 Å². The fraction of sp³-hybridized carbons (Fsp3) is 0.294. The molecule has 1 atom stereocenters. The Hall–Kier alpha value is -2.39. The maximum Gasteiger partial charge on any atom is 0.338 e. The van der Waals surface area contributed by atoms with Gasteiger partial charge in [0.25, 0.3) is 0 Å². The molecule has 0 spiro atoms. The Morgan fingerprint density at radius 3 is 2.61 bits per heavy atom. The predicted octanol–water partition coefficient (Wildman–Crippen LogP) is 3.05. The molecule has 23 heavy (non-hydrogen) atoms. The number of hydrogen-bond acceptors (Lipinski definition) is 6. The van der Waals surface area contributed by atoms with E-state index in [9.17, 15) is 10.1 Å². The van der Waals surface area contributed by atoms with Gasteiger partial charge in [-0.25, -0.2) is 4.79 Å². The number of esters is 1. The van der Waals surface area contributed by atoms with E-state index in [1.165, 1.54) is 0 Å². The van der Waals surface area contributed by atoms with Crippen LogP contribution in [0, 0.1) is 11.3 Å².